The maximum Gasteiger partial charge on any atom is 0.263 e. The van der Waals surface area contributed by atoms with Crippen LogP contribution in [-0.2, 0) is 22.5 Å². The Kier molecular flexibility index (Phi) is 6.60. The average Bonchev–Trinajstić information content (AvgIpc) is 3.22. The molecule has 1 aliphatic heterocycles. The van der Waals surface area contributed by atoms with Crippen molar-refractivity contribution < 1.29 is 9.53 Å². The molecule has 0 radical (unpaired) electrons. The molecule has 1 N–H and O–H groups in total. The molecule has 8 heteroatoms. The molecule has 3 rings (SSSR count). The fourth-order valence-corrected chi connectivity index (χ4v) is 5.39. The van der Waals surface area contributed by atoms with E-state index < -0.39 is 0 Å². The van der Waals surface area contributed by atoms with Crippen LogP contribution in [-0.4, -0.2) is 40.0 Å². The number of aromatic nitrogens is 2. The maximum absolute atomic E-state index is 13.3. The van der Waals surface area contributed by atoms with Crippen LogP contribution in [0, 0.1) is 6.92 Å². The Morgan fingerprint density at radius 1 is 1.48 bits per heavy atom. The molecule has 0 spiro atoms. The third-order valence-corrected chi connectivity index (χ3v) is 6.64. The number of ether oxygens (including phenoxy) is 1. The van der Waals surface area contributed by atoms with Crippen molar-refractivity contribution in [2.75, 3.05) is 12.4 Å². The van der Waals surface area contributed by atoms with Crippen molar-refractivity contribution in [3.8, 4) is 0 Å². The molecular formula is C19H27N3O3S2. The molecule has 148 valence electrons. The molecule has 27 heavy (non-hydrogen) atoms. The molecule has 0 aliphatic carbocycles. The maximum atomic E-state index is 13.3. The number of thiophene rings is 1. The van der Waals surface area contributed by atoms with Crippen LogP contribution >= 0.6 is 23.1 Å². The molecule has 0 saturated carbocycles. The van der Waals surface area contributed by atoms with Gasteiger partial charge >= 0.3 is 0 Å². The number of nitrogens with zero attached hydrogens (tertiary/aromatic N) is 2. The van der Waals surface area contributed by atoms with Crippen LogP contribution < -0.4 is 10.9 Å². The zero-order valence-corrected chi connectivity index (χ0v) is 18.0. The van der Waals surface area contributed by atoms with Crippen molar-refractivity contribution in [2.24, 2.45) is 0 Å². The van der Waals surface area contributed by atoms with Crippen molar-refractivity contribution in [1.29, 1.82) is 0 Å². The van der Waals surface area contributed by atoms with Crippen molar-refractivity contribution in [3.05, 3.63) is 20.8 Å². The fraction of sp³-hybridized carbons (Fsp3) is 0.632. The van der Waals surface area contributed by atoms with Crippen LogP contribution in [0.4, 0.5) is 0 Å². The molecule has 2 aromatic rings. The first-order chi connectivity index (χ1) is 12.9. The highest BCUT2D eigenvalue weighted by atomic mass is 32.2. The number of hydrogen-bond donors (Lipinski definition) is 1. The van der Waals surface area contributed by atoms with Gasteiger partial charge < -0.3 is 10.1 Å². The lowest BCUT2D eigenvalue weighted by atomic mass is 10.1. The van der Waals surface area contributed by atoms with E-state index in [1.165, 1.54) is 11.8 Å². The molecule has 1 fully saturated rings. The van der Waals surface area contributed by atoms with Crippen molar-refractivity contribution in [3.63, 3.8) is 0 Å². The Labute approximate surface area is 167 Å². The van der Waals surface area contributed by atoms with Crippen molar-refractivity contribution in [1.82, 2.24) is 14.9 Å². The van der Waals surface area contributed by atoms with Crippen LogP contribution in [0.2, 0.25) is 0 Å². The van der Waals surface area contributed by atoms with E-state index in [4.69, 9.17) is 9.72 Å². The zero-order chi connectivity index (χ0) is 19.6. The highest BCUT2D eigenvalue weighted by molar-refractivity contribution is 7.99. The number of carbonyl (C=O) groups excluding carboxylic acids is 1. The molecule has 1 amide bonds. The normalized spacial score (nSPS) is 17.1. The number of nitrogens with one attached hydrogen (secondary N) is 1. The second kappa shape index (κ2) is 8.75. The van der Waals surface area contributed by atoms with E-state index in [9.17, 15) is 9.59 Å². The molecule has 1 saturated heterocycles. The van der Waals surface area contributed by atoms with Gasteiger partial charge in [-0.1, -0.05) is 18.7 Å². The summed E-state index contributed by atoms with van der Waals surface area (Å²) in [5, 5.41) is 4.22. The quantitative estimate of drug-likeness (QED) is 0.562. The monoisotopic (exact) mass is 409 g/mol. The summed E-state index contributed by atoms with van der Waals surface area (Å²) in [6.07, 6.45) is 2.82. The summed E-state index contributed by atoms with van der Waals surface area (Å²) in [6, 6.07) is 0.0923. The summed E-state index contributed by atoms with van der Waals surface area (Å²) in [5.74, 6) is 0.191. The van der Waals surface area contributed by atoms with Gasteiger partial charge in [0, 0.05) is 17.5 Å². The van der Waals surface area contributed by atoms with E-state index >= 15 is 0 Å². The summed E-state index contributed by atoms with van der Waals surface area (Å²) in [4.78, 5) is 32.1. The first-order valence-electron chi connectivity index (χ1n) is 9.47. The van der Waals surface area contributed by atoms with Gasteiger partial charge in [0.2, 0.25) is 5.91 Å². The SMILES string of the molecule is CCc1c(C)sc2nc(SCC(=O)NC(C)C)n(CC3CCCO3)c(=O)c12. The molecule has 0 aromatic carbocycles. The van der Waals surface area contributed by atoms with E-state index in [1.54, 1.807) is 15.9 Å². The zero-order valence-electron chi connectivity index (χ0n) is 16.3. The molecule has 1 atom stereocenters. The van der Waals surface area contributed by atoms with Gasteiger partial charge in [-0.25, -0.2) is 4.98 Å². The van der Waals surface area contributed by atoms with Gasteiger partial charge in [0.15, 0.2) is 5.16 Å². The highest BCUT2D eigenvalue weighted by Gasteiger charge is 2.23. The lowest BCUT2D eigenvalue weighted by molar-refractivity contribution is -0.119. The number of fused-ring (bicyclic) bond motifs is 1. The van der Waals surface area contributed by atoms with Gasteiger partial charge in [-0.05, 0) is 45.6 Å². The van der Waals surface area contributed by atoms with Gasteiger partial charge in [0.1, 0.15) is 4.83 Å². The first-order valence-corrected chi connectivity index (χ1v) is 11.3. The topological polar surface area (TPSA) is 73.2 Å². The summed E-state index contributed by atoms with van der Waals surface area (Å²) in [6.45, 7) is 9.21. The second-order valence-electron chi connectivity index (χ2n) is 7.13. The largest absolute Gasteiger partial charge is 0.376 e. The Balaban J connectivity index is 1.98. The van der Waals surface area contributed by atoms with Crippen LogP contribution in [0.1, 0.15) is 44.1 Å². The van der Waals surface area contributed by atoms with Gasteiger partial charge in [-0.15, -0.1) is 11.3 Å². The van der Waals surface area contributed by atoms with E-state index in [1.807, 2.05) is 20.8 Å². The predicted octanol–water partition coefficient (Wildman–Crippen LogP) is 3.12. The predicted molar refractivity (Wildman–Crippen MR) is 111 cm³/mol. The fourth-order valence-electron chi connectivity index (χ4n) is 3.41. The lowest BCUT2D eigenvalue weighted by Gasteiger charge is -2.16. The molecule has 1 unspecified atom stereocenters. The minimum atomic E-state index is -0.0513. The number of hydrogen-bond acceptors (Lipinski definition) is 6. The Morgan fingerprint density at radius 3 is 2.89 bits per heavy atom. The number of aryl methyl sites for hydroxylation is 2. The first kappa shape index (κ1) is 20.4. The van der Waals surface area contributed by atoms with Gasteiger partial charge in [0.25, 0.3) is 5.56 Å². The van der Waals surface area contributed by atoms with Crippen LogP contribution in [0.3, 0.4) is 0 Å². The van der Waals surface area contributed by atoms with Crippen LogP contribution in [0.15, 0.2) is 9.95 Å². The number of thioether (sulfide) groups is 1. The van der Waals surface area contributed by atoms with E-state index in [2.05, 4.69) is 12.2 Å². The van der Waals surface area contributed by atoms with E-state index in [0.29, 0.717) is 11.7 Å². The third-order valence-electron chi connectivity index (χ3n) is 4.62. The molecule has 3 heterocycles. The van der Waals surface area contributed by atoms with E-state index in [-0.39, 0.29) is 29.4 Å². The van der Waals surface area contributed by atoms with Gasteiger partial charge in [-0.3, -0.25) is 14.2 Å². The standard InChI is InChI=1S/C19H27N3O3S2/c1-5-14-12(4)27-17-16(14)18(24)22(9-13-7-6-8-25-13)19(21-17)26-10-15(23)20-11(2)3/h11,13H,5-10H2,1-4H3,(H,20,23). The highest BCUT2D eigenvalue weighted by Crippen LogP contribution is 2.30. The van der Waals surface area contributed by atoms with E-state index in [0.717, 1.165) is 46.5 Å². The Morgan fingerprint density at radius 2 is 2.26 bits per heavy atom. The molecule has 2 aromatic heterocycles. The average molecular weight is 410 g/mol. The van der Waals surface area contributed by atoms with Gasteiger partial charge in [0.05, 0.1) is 23.8 Å². The minimum absolute atomic E-state index is 0.0107. The number of rotatable bonds is 7. The molecule has 0 bridgehead atoms. The smallest absolute Gasteiger partial charge is 0.263 e. The molecule has 6 nitrogen and oxygen atoms in total. The second-order valence-corrected chi connectivity index (χ2v) is 9.27. The van der Waals surface area contributed by atoms with Crippen molar-refractivity contribution >= 4 is 39.2 Å². The summed E-state index contributed by atoms with van der Waals surface area (Å²) in [5.41, 5.74) is 1.08. The minimum Gasteiger partial charge on any atom is -0.376 e. The Hall–Kier alpha value is -1.38. The van der Waals surface area contributed by atoms with Gasteiger partial charge in [-0.2, -0.15) is 0 Å². The lowest BCUT2D eigenvalue weighted by Crippen LogP contribution is -2.32. The molecule has 1 aliphatic rings. The third kappa shape index (κ3) is 4.55. The molecular weight excluding hydrogens is 382 g/mol. The van der Waals surface area contributed by atoms with Crippen molar-refractivity contribution in [2.45, 2.75) is 70.8 Å². The summed E-state index contributed by atoms with van der Waals surface area (Å²) >= 11 is 2.88. The summed E-state index contributed by atoms with van der Waals surface area (Å²) < 4.78 is 7.46. The van der Waals surface area contributed by atoms with Crippen LogP contribution in [0.5, 0.6) is 0 Å². The number of carbonyl (C=O) groups is 1. The summed E-state index contributed by atoms with van der Waals surface area (Å²) in [7, 11) is 0. The van der Waals surface area contributed by atoms with Crippen LogP contribution in [0.25, 0.3) is 10.2 Å². The Bertz CT molecular complexity index is 882. The number of amides is 1.